The maximum absolute atomic E-state index is 12.3. The van der Waals surface area contributed by atoms with Crippen LogP contribution in [-0.2, 0) is 18.4 Å². The number of fused-ring (bicyclic) bond motifs is 1. The lowest BCUT2D eigenvalue weighted by Gasteiger charge is -2.25. The van der Waals surface area contributed by atoms with Crippen molar-refractivity contribution in [3.8, 4) is 0 Å². The molecule has 1 aliphatic rings. The number of amides is 1. The molecule has 7 heteroatoms. The van der Waals surface area contributed by atoms with E-state index in [0.717, 1.165) is 22.3 Å². The summed E-state index contributed by atoms with van der Waals surface area (Å²) in [5, 5.41) is 12.3. The first-order valence-electron chi connectivity index (χ1n) is 8.45. The van der Waals surface area contributed by atoms with Gasteiger partial charge in [-0.3, -0.25) is 9.48 Å². The van der Waals surface area contributed by atoms with Crippen LogP contribution < -0.4 is 5.32 Å². The van der Waals surface area contributed by atoms with Crippen molar-refractivity contribution in [2.45, 2.75) is 32.0 Å². The average Bonchev–Trinajstić information content (AvgIpc) is 3.25. The highest BCUT2D eigenvalue weighted by Gasteiger charge is 2.39. The summed E-state index contributed by atoms with van der Waals surface area (Å²) >= 11 is 0. The largest absolute Gasteiger partial charge is 0.337 e. The molecule has 1 amide bonds. The molecule has 130 valence electrons. The van der Waals surface area contributed by atoms with Crippen LogP contribution in [0.2, 0.25) is 0 Å². The zero-order valence-electron chi connectivity index (χ0n) is 14.7. The predicted molar refractivity (Wildman–Crippen MR) is 93.9 cm³/mol. The van der Waals surface area contributed by atoms with E-state index in [4.69, 9.17) is 0 Å². The van der Waals surface area contributed by atoms with Crippen LogP contribution in [-0.4, -0.2) is 43.3 Å². The van der Waals surface area contributed by atoms with Crippen molar-refractivity contribution in [3.05, 3.63) is 53.6 Å². The highest BCUT2D eigenvalue weighted by Crippen LogP contribution is 2.33. The van der Waals surface area contributed by atoms with Gasteiger partial charge in [-0.1, -0.05) is 6.07 Å². The van der Waals surface area contributed by atoms with Crippen LogP contribution >= 0.6 is 0 Å². The lowest BCUT2D eigenvalue weighted by atomic mass is 10.0. The molecule has 0 aromatic carbocycles. The maximum atomic E-state index is 12.3. The molecule has 1 N–H and O–H groups in total. The van der Waals surface area contributed by atoms with Gasteiger partial charge in [0, 0.05) is 56.1 Å². The van der Waals surface area contributed by atoms with Crippen molar-refractivity contribution in [2.24, 2.45) is 7.05 Å². The summed E-state index contributed by atoms with van der Waals surface area (Å²) in [5.41, 5.74) is 4.41. The third-order valence-corrected chi connectivity index (χ3v) is 5.24. The van der Waals surface area contributed by atoms with Gasteiger partial charge in [-0.15, -0.1) is 0 Å². The number of nitrogens with one attached hydrogen (secondary N) is 1. The van der Waals surface area contributed by atoms with E-state index >= 15 is 0 Å². The van der Waals surface area contributed by atoms with Gasteiger partial charge >= 0.3 is 0 Å². The zero-order valence-corrected chi connectivity index (χ0v) is 14.7. The highest BCUT2D eigenvalue weighted by molar-refractivity contribution is 5.80. The van der Waals surface area contributed by atoms with E-state index < -0.39 is 0 Å². The number of nitrogens with zero attached hydrogens (tertiary/aromatic N) is 5. The Morgan fingerprint density at radius 2 is 2.08 bits per heavy atom. The average molecular weight is 338 g/mol. The molecule has 3 aromatic rings. The molecule has 0 spiro atoms. The molecule has 4 heterocycles. The van der Waals surface area contributed by atoms with Crippen molar-refractivity contribution in [1.29, 1.82) is 0 Å². The van der Waals surface area contributed by atoms with Crippen molar-refractivity contribution in [1.82, 2.24) is 29.6 Å². The number of hydrogen-bond donors (Lipinski definition) is 1. The standard InChI is InChI=1S/C18H22N6O/c1-12-14(11-20-23(12)3)18-15(8-17(25)22(18)2)19-9-13-10-21-24-7-5-4-6-16(13)24/h4-7,10-11,15,18-19H,8-9H2,1-3H3/t15-,18+/m1/s1. The van der Waals surface area contributed by atoms with Gasteiger partial charge < -0.3 is 10.2 Å². The van der Waals surface area contributed by atoms with Crippen molar-refractivity contribution in [2.75, 3.05) is 7.05 Å². The fourth-order valence-corrected chi connectivity index (χ4v) is 3.65. The van der Waals surface area contributed by atoms with Gasteiger partial charge in [0.2, 0.25) is 5.91 Å². The van der Waals surface area contributed by atoms with Crippen LogP contribution in [0.15, 0.2) is 36.8 Å². The van der Waals surface area contributed by atoms with E-state index in [1.807, 2.05) is 65.8 Å². The summed E-state index contributed by atoms with van der Waals surface area (Å²) < 4.78 is 3.72. The fourth-order valence-electron chi connectivity index (χ4n) is 3.65. The molecular formula is C18H22N6O. The van der Waals surface area contributed by atoms with Crippen molar-refractivity contribution < 1.29 is 4.79 Å². The van der Waals surface area contributed by atoms with Crippen LogP contribution in [0, 0.1) is 6.92 Å². The van der Waals surface area contributed by atoms with E-state index in [0.29, 0.717) is 13.0 Å². The zero-order chi connectivity index (χ0) is 17.6. The van der Waals surface area contributed by atoms with E-state index in [2.05, 4.69) is 21.6 Å². The second-order valence-corrected chi connectivity index (χ2v) is 6.65. The lowest BCUT2D eigenvalue weighted by molar-refractivity contribution is -0.127. The number of hydrogen-bond acceptors (Lipinski definition) is 4. The van der Waals surface area contributed by atoms with Gasteiger partial charge in [-0.2, -0.15) is 10.2 Å². The van der Waals surface area contributed by atoms with Gasteiger partial charge in [0.25, 0.3) is 0 Å². The molecule has 0 aliphatic carbocycles. The molecule has 1 fully saturated rings. The van der Waals surface area contributed by atoms with Gasteiger partial charge in [0.05, 0.1) is 24.0 Å². The Bertz CT molecular complexity index is 927. The molecule has 7 nitrogen and oxygen atoms in total. The quantitative estimate of drug-likeness (QED) is 0.782. The van der Waals surface area contributed by atoms with Crippen LogP contribution in [0.5, 0.6) is 0 Å². The van der Waals surface area contributed by atoms with Gasteiger partial charge in [-0.05, 0) is 19.1 Å². The molecule has 1 saturated heterocycles. The molecule has 1 aliphatic heterocycles. The number of likely N-dealkylation sites (tertiary alicyclic amines) is 1. The second kappa shape index (κ2) is 6.00. The normalized spacial score (nSPS) is 20.8. The fraction of sp³-hybridized carbons (Fsp3) is 0.389. The second-order valence-electron chi connectivity index (χ2n) is 6.65. The Kier molecular flexibility index (Phi) is 3.80. The topological polar surface area (TPSA) is 67.5 Å². The molecule has 0 radical (unpaired) electrons. The first kappa shape index (κ1) is 15.8. The molecule has 25 heavy (non-hydrogen) atoms. The van der Waals surface area contributed by atoms with Crippen LogP contribution in [0.3, 0.4) is 0 Å². The monoisotopic (exact) mass is 338 g/mol. The smallest absolute Gasteiger partial charge is 0.224 e. The first-order chi connectivity index (χ1) is 12.1. The summed E-state index contributed by atoms with van der Waals surface area (Å²) in [7, 11) is 3.80. The minimum atomic E-state index is 0.00281. The molecule has 3 aromatic heterocycles. The minimum Gasteiger partial charge on any atom is -0.337 e. The first-order valence-corrected chi connectivity index (χ1v) is 8.45. The summed E-state index contributed by atoms with van der Waals surface area (Å²) in [6.07, 6.45) is 6.19. The molecule has 2 atom stereocenters. The molecule has 0 bridgehead atoms. The van der Waals surface area contributed by atoms with Crippen molar-refractivity contribution in [3.63, 3.8) is 0 Å². The summed E-state index contributed by atoms with van der Waals surface area (Å²) in [5.74, 6) is 0.158. The van der Waals surface area contributed by atoms with Crippen LogP contribution in [0.25, 0.3) is 5.52 Å². The number of rotatable bonds is 4. The summed E-state index contributed by atoms with van der Waals surface area (Å²) in [6, 6.07) is 6.08. The minimum absolute atomic E-state index is 0.00281. The maximum Gasteiger partial charge on any atom is 0.224 e. The SMILES string of the molecule is Cc1c([C@H]2[C@H](NCc3cnn4ccccc34)CC(=O)N2C)cnn1C. The Morgan fingerprint density at radius 1 is 1.24 bits per heavy atom. The number of aryl methyl sites for hydroxylation is 1. The Morgan fingerprint density at radius 3 is 2.84 bits per heavy atom. The van der Waals surface area contributed by atoms with Crippen LogP contribution in [0.1, 0.15) is 29.3 Å². The lowest BCUT2D eigenvalue weighted by Crippen LogP contribution is -2.35. The third-order valence-electron chi connectivity index (χ3n) is 5.24. The Balaban J connectivity index is 1.58. The van der Waals surface area contributed by atoms with Gasteiger partial charge in [0.1, 0.15) is 0 Å². The number of carbonyl (C=O) groups is 1. The van der Waals surface area contributed by atoms with E-state index in [9.17, 15) is 4.79 Å². The molecule has 0 unspecified atom stereocenters. The molecular weight excluding hydrogens is 316 g/mol. The van der Waals surface area contributed by atoms with E-state index in [1.165, 1.54) is 0 Å². The van der Waals surface area contributed by atoms with Crippen LogP contribution in [0.4, 0.5) is 0 Å². The predicted octanol–water partition coefficient (Wildman–Crippen LogP) is 1.44. The molecule has 4 rings (SSSR count). The Labute approximate surface area is 146 Å². The number of likely N-dealkylation sites (N-methyl/N-ethyl adjacent to an activating group) is 1. The van der Waals surface area contributed by atoms with Gasteiger partial charge in [0.15, 0.2) is 0 Å². The third kappa shape index (κ3) is 2.60. The summed E-state index contributed by atoms with van der Waals surface area (Å²) in [6.45, 7) is 2.72. The number of aromatic nitrogens is 4. The Hall–Kier alpha value is -2.67. The van der Waals surface area contributed by atoms with Gasteiger partial charge in [-0.25, -0.2) is 4.52 Å². The van der Waals surface area contributed by atoms with E-state index in [1.54, 1.807) is 0 Å². The van der Waals surface area contributed by atoms with Crippen molar-refractivity contribution >= 4 is 11.4 Å². The van der Waals surface area contributed by atoms with E-state index in [-0.39, 0.29) is 18.0 Å². The summed E-state index contributed by atoms with van der Waals surface area (Å²) in [4.78, 5) is 14.1. The highest BCUT2D eigenvalue weighted by atomic mass is 16.2. The number of carbonyl (C=O) groups excluding carboxylic acids is 1. The number of pyridine rings is 1. The molecule has 0 saturated carbocycles.